The summed E-state index contributed by atoms with van der Waals surface area (Å²) in [6, 6.07) is 2.02. The second-order valence-electron chi connectivity index (χ2n) is 7.24. The molecule has 0 N–H and O–H groups in total. The summed E-state index contributed by atoms with van der Waals surface area (Å²) in [5.74, 6) is 0.00532. The maximum atomic E-state index is 11.8. The van der Waals surface area contributed by atoms with Crippen LogP contribution in [0.1, 0.15) is 24.8 Å². The third kappa shape index (κ3) is 3.99. The number of carbonyl (C=O) groups is 1. The summed E-state index contributed by atoms with van der Waals surface area (Å²) < 4.78 is 17.1. The number of hydrogen-bond acceptors (Lipinski definition) is 5. The van der Waals surface area contributed by atoms with Gasteiger partial charge in [-0.25, -0.2) is 0 Å². The number of nitrogens with zero attached hydrogens (tertiary/aromatic N) is 2. The Balaban J connectivity index is 1.62. The van der Waals surface area contributed by atoms with Gasteiger partial charge in [0.1, 0.15) is 6.61 Å². The average molecular weight is 336 g/mol. The molecule has 2 fully saturated rings. The zero-order valence-corrected chi connectivity index (χ0v) is 14.7. The molecule has 1 aromatic rings. The van der Waals surface area contributed by atoms with E-state index in [-0.39, 0.29) is 24.0 Å². The van der Waals surface area contributed by atoms with Crippen molar-refractivity contribution in [2.75, 3.05) is 47.0 Å². The van der Waals surface area contributed by atoms with Crippen molar-refractivity contribution in [1.29, 1.82) is 0 Å². The smallest absolute Gasteiger partial charge is 0.248 e. The van der Waals surface area contributed by atoms with Crippen molar-refractivity contribution in [3.05, 3.63) is 24.2 Å². The molecule has 134 valence electrons. The Kier molecular flexibility index (Phi) is 5.58. The molecule has 0 aliphatic carbocycles. The largest absolute Gasteiger partial charge is 0.472 e. The number of ether oxygens (including phenoxy) is 2. The summed E-state index contributed by atoms with van der Waals surface area (Å²) in [6.45, 7) is 4.42. The predicted octanol–water partition coefficient (Wildman–Crippen LogP) is 1.76. The predicted molar refractivity (Wildman–Crippen MR) is 89.5 cm³/mol. The Morgan fingerprint density at radius 3 is 3.12 bits per heavy atom. The number of likely N-dealkylation sites (N-methyl/N-ethyl adjacent to an activating group) is 1. The van der Waals surface area contributed by atoms with E-state index >= 15 is 0 Å². The molecule has 2 atom stereocenters. The van der Waals surface area contributed by atoms with E-state index in [0.717, 1.165) is 45.5 Å². The van der Waals surface area contributed by atoms with Gasteiger partial charge in [0, 0.05) is 51.3 Å². The van der Waals surface area contributed by atoms with Gasteiger partial charge in [-0.15, -0.1) is 0 Å². The minimum Gasteiger partial charge on any atom is -0.472 e. The summed E-state index contributed by atoms with van der Waals surface area (Å²) in [6.07, 6.45) is 6.93. The zero-order chi connectivity index (χ0) is 17.0. The lowest BCUT2D eigenvalue weighted by Crippen LogP contribution is -2.56. The Bertz CT molecular complexity index is 531. The number of rotatable bonds is 6. The molecule has 2 saturated heterocycles. The van der Waals surface area contributed by atoms with Crippen molar-refractivity contribution in [3.8, 4) is 0 Å². The van der Waals surface area contributed by atoms with Crippen LogP contribution in [0.4, 0.5) is 0 Å². The molecule has 1 amide bonds. The van der Waals surface area contributed by atoms with Crippen molar-refractivity contribution >= 4 is 5.91 Å². The van der Waals surface area contributed by atoms with Gasteiger partial charge in [0.25, 0.3) is 0 Å². The molecule has 0 saturated carbocycles. The van der Waals surface area contributed by atoms with Gasteiger partial charge in [-0.1, -0.05) is 0 Å². The average Bonchev–Trinajstić information content (AvgIpc) is 3.07. The minimum atomic E-state index is -0.00711. The molecule has 3 rings (SSSR count). The van der Waals surface area contributed by atoms with Crippen molar-refractivity contribution in [3.63, 3.8) is 0 Å². The Hall–Kier alpha value is -1.37. The fourth-order valence-electron chi connectivity index (χ4n) is 3.84. The van der Waals surface area contributed by atoms with Gasteiger partial charge in [0.2, 0.25) is 5.91 Å². The molecule has 0 unspecified atom stereocenters. The van der Waals surface area contributed by atoms with Crippen LogP contribution in [0.25, 0.3) is 0 Å². The molecule has 3 heterocycles. The molecular weight excluding hydrogens is 308 g/mol. The fourth-order valence-corrected chi connectivity index (χ4v) is 3.84. The quantitative estimate of drug-likeness (QED) is 0.792. The Labute approximate surface area is 143 Å². The van der Waals surface area contributed by atoms with E-state index in [1.165, 1.54) is 5.56 Å². The van der Waals surface area contributed by atoms with Crippen molar-refractivity contribution in [1.82, 2.24) is 9.80 Å². The second kappa shape index (κ2) is 7.68. The van der Waals surface area contributed by atoms with Gasteiger partial charge in [-0.2, -0.15) is 0 Å². The summed E-state index contributed by atoms with van der Waals surface area (Å²) in [4.78, 5) is 15.8. The third-order valence-electron chi connectivity index (χ3n) is 5.17. The normalized spacial score (nSPS) is 27.7. The van der Waals surface area contributed by atoms with Crippen LogP contribution in [0.15, 0.2) is 23.0 Å². The van der Waals surface area contributed by atoms with Gasteiger partial charge in [0.15, 0.2) is 0 Å². The SMILES string of the molecule is CN(C)C(=O)COC[C@@]12CCCO[C@H]1CCN(Cc1ccoc1)C2. The van der Waals surface area contributed by atoms with Crippen molar-refractivity contribution in [2.24, 2.45) is 5.41 Å². The molecular formula is C18H28N2O4. The molecule has 6 heteroatoms. The van der Waals surface area contributed by atoms with E-state index in [4.69, 9.17) is 13.9 Å². The van der Waals surface area contributed by atoms with Crippen LogP contribution in [0, 0.1) is 5.41 Å². The van der Waals surface area contributed by atoms with Gasteiger partial charge in [0.05, 0.1) is 25.2 Å². The van der Waals surface area contributed by atoms with E-state index in [1.54, 1.807) is 25.3 Å². The van der Waals surface area contributed by atoms with Gasteiger partial charge in [-0.3, -0.25) is 9.69 Å². The van der Waals surface area contributed by atoms with Crippen LogP contribution < -0.4 is 0 Å². The van der Waals surface area contributed by atoms with Gasteiger partial charge >= 0.3 is 0 Å². The highest BCUT2D eigenvalue weighted by Gasteiger charge is 2.46. The van der Waals surface area contributed by atoms with Crippen LogP contribution in [0.5, 0.6) is 0 Å². The molecule has 0 aromatic carbocycles. The van der Waals surface area contributed by atoms with Crippen molar-refractivity contribution in [2.45, 2.75) is 31.9 Å². The van der Waals surface area contributed by atoms with E-state index < -0.39 is 0 Å². The number of fused-ring (bicyclic) bond motifs is 1. The molecule has 1 aromatic heterocycles. The van der Waals surface area contributed by atoms with Crippen molar-refractivity contribution < 1.29 is 18.7 Å². The molecule has 2 aliphatic rings. The molecule has 0 bridgehead atoms. The lowest BCUT2D eigenvalue weighted by molar-refractivity contribution is -0.160. The summed E-state index contributed by atoms with van der Waals surface area (Å²) in [7, 11) is 3.51. The van der Waals surface area contributed by atoms with E-state index in [2.05, 4.69) is 4.90 Å². The van der Waals surface area contributed by atoms with Crippen LogP contribution >= 0.6 is 0 Å². The first-order chi connectivity index (χ1) is 11.6. The van der Waals surface area contributed by atoms with E-state index in [0.29, 0.717) is 6.61 Å². The third-order valence-corrected chi connectivity index (χ3v) is 5.17. The Morgan fingerprint density at radius 2 is 2.38 bits per heavy atom. The lowest BCUT2D eigenvalue weighted by Gasteiger charge is -2.50. The summed E-state index contributed by atoms with van der Waals surface area (Å²) in [5.41, 5.74) is 1.19. The Morgan fingerprint density at radius 1 is 1.50 bits per heavy atom. The fraction of sp³-hybridized carbons (Fsp3) is 0.722. The topological polar surface area (TPSA) is 55.2 Å². The maximum absolute atomic E-state index is 11.8. The first-order valence-electron chi connectivity index (χ1n) is 8.72. The van der Waals surface area contributed by atoms with Crippen LogP contribution in [0.3, 0.4) is 0 Å². The van der Waals surface area contributed by atoms with Crippen LogP contribution in [0.2, 0.25) is 0 Å². The highest BCUT2D eigenvalue weighted by atomic mass is 16.5. The minimum absolute atomic E-state index is 0.00532. The first-order valence-corrected chi connectivity index (χ1v) is 8.72. The number of piperidine rings is 1. The molecule has 6 nitrogen and oxygen atoms in total. The molecule has 2 aliphatic heterocycles. The number of amides is 1. The lowest BCUT2D eigenvalue weighted by atomic mass is 9.73. The highest BCUT2D eigenvalue weighted by Crippen LogP contribution is 2.40. The summed E-state index contributed by atoms with van der Waals surface area (Å²) in [5, 5.41) is 0. The highest BCUT2D eigenvalue weighted by molar-refractivity contribution is 5.76. The molecule has 0 spiro atoms. The molecule has 24 heavy (non-hydrogen) atoms. The maximum Gasteiger partial charge on any atom is 0.248 e. The van der Waals surface area contributed by atoms with E-state index in [9.17, 15) is 4.79 Å². The van der Waals surface area contributed by atoms with Gasteiger partial charge < -0.3 is 18.8 Å². The number of hydrogen-bond donors (Lipinski definition) is 0. The van der Waals surface area contributed by atoms with E-state index in [1.807, 2.05) is 12.3 Å². The first kappa shape index (κ1) is 17.5. The second-order valence-corrected chi connectivity index (χ2v) is 7.24. The number of furan rings is 1. The standard InChI is InChI=1S/C18H28N2O4/c1-19(2)17(21)12-23-14-18-6-3-8-24-16(18)4-7-20(13-18)10-15-5-9-22-11-15/h5,9,11,16H,3-4,6-8,10,12-14H2,1-2H3/t16-,18-/m0/s1. The molecule has 0 radical (unpaired) electrons. The van der Waals surface area contributed by atoms with Gasteiger partial charge in [-0.05, 0) is 25.3 Å². The number of carbonyl (C=O) groups excluding carboxylic acids is 1. The summed E-state index contributed by atoms with van der Waals surface area (Å²) >= 11 is 0. The number of likely N-dealkylation sites (tertiary alicyclic amines) is 1. The monoisotopic (exact) mass is 336 g/mol. The van der Waals surface area contributed by atoms with Crippen LogP contribution in [-0.2, 0) is 20.8 Å². The van der Waals surface area contributed by atoms with Crippen LogP contribution in [-0.4, -0.2) is 68.8 Å². The zero-order valence-electron chi connectivity index (χ0n) is 14.7.